The molecule has 2 aromatic carbocycles. The number of sulfonamides is 1. The summed E-state index contributed by atoms with van der Waals surface area (Å²) in [6.07, 6.45) is 2.20. The van der Waals surface area contributed by atoms with Crippen molar-refractivity contribution in [3.63, 3.8) is 0 Å². The normalized spacial score (nSPS) is 11.1. The van der Waals surface area contributed by atoms with Crippen molar-refractivity contribution >= 4 is 27.2 Å². The van der Waals surface area contributed by atoms with E-state index in [4.69, 9.17) is 0 Å². The zero-order valence-electron chi connectivity index (χ0n) is 15.4. The fourth-order valence-corrected chi connectivity index (χ4v) is 4.15. The lowest BCUT2D eigenvalue weighted by Gasteiger charge is -2.23. The minimum atomic E-state index is -4.25. The number of aryl methyl sites for hydroxylation is 1. The molecule has 29 heavy (non-hydrogen) atoms. The van der Waals surface area contributed by atoms with Gasteiger partial charge in [-0.05, 0) is 25.1 Å². The predicted octanol–water partition coefficient (Wildman–Crippen LogP) is 3.38. The molecular weight excluding hydrogens is 394 g/mol. The van der Waals surface area contributed by atoms with Crippen LogP contribution in [-0.4, -0.2) is 30.7 Å². The molecule has 0 spiro atoms. The summed E-state index contributed by atoms with van der Waals surface area (Å²) in [6.45, 7) is 1.21. The van der Waals surface area contributed by atoms with Crippen LogP contribution in [0.5, 0.6) is 0 Å². The highest BCUT2D eigenvalue weighted by Crippen LogP contribution is 2.31. The predicted molar refractivity (Wildman–Crippen MR) is 107 cm³/mol. The summed E-state index contributed by atoms with van der Waals surface area (Å²) in [7, 11) is -4.25. The maximum atomic E-state index is 13.3. The molecule has 3 aromatic rings. The van der Waals surface area contributed by atoms with E-state index in [0.29, 0.717) is 5.56 Å². The van der Waals surface area contributed by atoms with E-state index < -0.39 is 33.0 Å². The number of hydrogen-bond donors (Lipinski definition) is 0. The Kier molecular flexibility index (Phi) is 5.69. The molecule has 3 rings (SSSR count). The first-order chi connectivity index (χ1) is 13.8. The van der Waals surface area contributed by atoms with Gasteiger partial charge in [0.05, 0.1) is 16.4 Å². The van der Waals surface area contributed by atoms with Gasteiger partial charge in [0.25, 0.3) is 10.0 Å². The lowest BCUT2D eigenvalue weighted by Crippen LogP contribution is -2.36. The molecule has 0 amide bonds. The Labute approximate surface area is 167 Å². The second kappa shape index (κ2) is 8.19. The van der Waals surface area contributed by atoms with Crippen molar-refractivity contribution in [3.8, 4) is 0 Å². The van der Waals surface area contributed by atoms with Gasteiger partial charge in [-0.15, -0.1) is 0 Å². The quantitative estimate of drug-likeness (QED) is 0.335. The van der Waals surface area contributed by atoms with Crippen molar-refractivity contribution in [1.82, 2.24) is 4.98 Å². The zero-order valence-corrected chi connectivity index (χ0v) is 16.2. The Morgan fingerprint density at radius 3 is 2.34 bits per heavy atom. The van der Waals surface area contributed by atoms with Gasteiger partial charge in [0.2, 0.25) is 0 Å². The van der Waals surface area contributed by atoms with Gasteiger partial charge in [-0.3, -0.25) is 24.2 Å². The van der Waals surface area contributed by atoms with E-state index in [0.717, 1.165) is 16.1 Å². The van der Waals surface area contributed by atoms with Gasteiger partial charge >= 0.3 is 5.69 Å². The van der Waals surface area contributed by atoms with Crippen LogP contribution in [-0.2, 0) is 10.0 Å². The highest BCUT2D eigenvalue weighted by Gasteiger charge is 2.32. The monoisotopic (exact) mass is 411 g/mol. The fraction of sp³-hybridized carbons (Fsp3) is 0.100. The third-order valence-corrected chi connectivity index (χ3v) is 6.01. The van der Waals surface area contributed by atoms with Crippen LogP contribution in [0.4, 0.5) is 11.4 Å². The topological polar surface area (TPSA) is 110 Å². The van der Waals surface area contributed by atoms with E-state index in [2.05, 4.69) is 4.98 Å². The van der Waals surface area contributed by atoms with E-state index in [1.807, 2.05) is 0 Å². The molecule has 9 heteroatoms. The first kappa shape index (κ1) is 20.2. The molecule has 0 aliphatic rings. The number of hydrogen-bond acceptors (Lipinski definition) is 6. The van der Waals surface area contributed by atoms with Gasteiger partial charge in [0.15, 0.2) is 5.78 Å². The summed E-state index contributed by atoms with van der Waals surface area (Å²) >= 11 is 0. The summed E-state index contributed by atoms with van der Waals surface area (Å²) in [4.78, 5) is 27.1. The molecule has 0 bridgehead atoms. The first-order valence-electron chi connectivity index (χ1n) is 8.57. The van der Waals surface area contributed by atoms with Crippen LogP contribution >= 0.6 is 0 Å². The number of ketones is 1. The SMILES string of the molecule is Cc1ccc(S(=O)(=O)N(CC(=O)c2ccccc2)c2ccncc2[N+](=O)[O-])cc1. The molecule has 0 radical (unpaired) electrons. The van der Waals surface area contributed by atoms with Crippen LogP contribution < -0.4 is 4.31 Å². The number of pyridine rings is 1. The second-order valence-corrected chi connectivity index (χ2v) is 8.10. The molecule has 0 atom stereocenters. The average Bonchev–Trinajstić information content (AvgIpc) is 2.72. The van der Waals surface area contributed by atoms with E-state index in [1.54, 1.807) is 49.4 Å². The van der Waals surface area contributed by atoms with Crippen molar-refractivity contribution < 1.29 is 18.1 Å². The summed E-state index contributed by atoms with van der Waals surface area (Å²) in [5.74, 6) is -0.493. The van der Waals surface area contributed by atoms with Crippen LogP contribution in [0.1, 0.15) is 15.9 Å². The Morgan fingerprint density at radius 1 is 1.07 bits per heavy atom. The molecule has 8 nitrogen and oxygen atoms in total. The standard InChI is InChI=1S/C20H17N3O5S/c1-15-7-9-17(10-8-15)29(27,28)22(14-20(24)16-5-3-2-4-6-16)18-11-12-21-13-19(18)23(25)26/h2-13H,14H2,1H3. The third-order valence-electron chi connectivity index (χ3n) is 4.24. The Hall–Kier alpha value is -3.59. The highest BCUT2D eigenvalue weighted by atomic mass is 32.2. The molecule has 1 heterocycles. The average molecular weight is 411 g/mol. The Balaban J connectivity index is 2.13. The molecule has 0 N–H and O–H groups in total. The van der Waals surface area contributed by atoms with Gasteiger partial charge in [0, 0.05) is 11.8 Å². The van der Waals surface area contributed by atoms with Crippen LogP contribution in [0.25, 0.3) is 0 Å². The van der Waals surface area contributed by atoms with Gasteiger partial charge in [-0.2, -0.15) is 0 Å². The van der Waals surface area contributed by atoms with E-state index in [9.17, 15) is 23.3 Å². The van der Waals surface area contributed by atoms with Crippen LogP contribution in [0.15, 0.2) is 78.0 Å². The fourth-order valence-electron chi connectivity index (χ4n) is 2.71. The van der Waals surface area contributed by atoms with Crippen LogP contribution in [0.3, 0.4) is 0 Å². The van der Waals surface area contributed by atoms with Crippen LogP contribution in [0.2, 0.25) is 0 Å². The number of Topliss-reactive ketones (excluding diaryl/α,β-unsaturated/α-hetero) is 1. The molecular formula is C20H17N3O5S. The maximum Gasteiger partial charge on any atom is 0.311 e. The van der Waals surface area contributed by atoms with Gasteiger partial charge in [-0.25, -0.2) is 8.42 Å². The van der Waals surface area contributed by atoms with Crippen molar-refractivity contribution in [3.05, 3.63) is 94.3 Å². The lowest BCUT2D eigenvalue weighted by atomic mass is 10.1. The number of aromatic nitrogens is 1. The summed E-state index contributed by atoms with van der Waals surface area (Å²) in [5.41, 5.74) is 0.415. The Morgan fingerprint density at radius 2 is 1.72 bits per heavy atom. The molecule has 1 aromatic heterocycles. The minimum absolute atomic E-state index is 0.0740. The highest BCUT2D eigenvalue weighted by molar-refractivity contribution is 7.92. The number of rotatable bonds is 7. The largest absolute Gasteiger partial charge is 0.311 e. The molecule has 0 saturated heterocycles. The Bertz CT molecular complexity index is 1150. The number of carbonyl (C=O) groups excluding carboxylic acids is 1. The number of benzene rings is 2. The maximum absolute atomic E-state index is 13.3. The summed E-state index contributed by atoms with van der Waals surface area (Å²) < 4.78 is 27.4. The molecule has 0 aliphatic heterocycles. The zero-order chi connectivity index (χ0) is 21.0. The third kappa shape index (κ3) is 4.30. The first-order valence-corrected chi connectivity index (χ1v) is 10.0. The second-order valence-electron chi connectivity index (χ2n) is 6.24. The number of nitrogens with zero attached hydrogens (tertiary/aromatic N) is 3. The van der Waals surface area contributed by atoms with E-state index in [-0.39, 0.29) is 10.6 Å². The van der Waals surface area contributed by atoms with Crippen molar-refractivity contribution in [2.75, 3.05) is 10.8 Å². The minimum Gasteiger partial charge on any atom is -0.292 e. The molecule has 0 unspecified atom stereocenters. The smallest absolute Gasteiger partial charge is 0.292 e. The number of nitro groups is 1. The van der Waals surface area contributed by atoms with Gasteiger partial charge < -0.3 is 0 Å². The van der Waals surface area contributed by atoms with E-state index in [1.165, 1.54) is 24.4 Å². The van der Waals surface area contributed by atoms with Crippen molar-refractivity contribution in [1.29, 1.82) is 0 Å². The van der Waals surface area contributed by atoms with Gasteiger partial charge in [-0.1, -0.05) is 48.0 Å². The molecule has 148 valence electrons. The van der Waals surface area contributed by atoms with Crippen LogP contribution in [0, 0.1) is 17.0 Å². The summed E-state index contributed by atoms with van der Waals surface area (Å²) in [5, 5.41) is 11.4. The lowest BCUT2D eigenvalue weighted by molar-refractivity contribution is -0.384. The molecule has 0 fully saturated rings. The number of anilines is 1. The van der Waals surface area contributed by atoms with Crippen molar-refractivity contribution in [2.24, 2.45) is 0 Å². The van der Waals surface area contributed by atoms with Gasteiger partial charge in [0.1, 0.15) is 11.9 Å². The molecule has 0 saturated carbocycles. The molecule has 0 aliphatic carbocycles. The van der Waals surface area contributed by atoms with Crippen molar-refractivity contribution in [2.45, 2.75) is 11.8 Å². The number of carbonyl (C=O) groups is 1. The van der Waals surface area contributed by atoms with E-state index >= 15 is 0 Å². The summed E-state index contributed by atoms with van der Waals surface area (Å²) in [6, 6.07) is 15.4.